The molecule has 3 rings (SSSR count). The number of ether oxygens (including phenoxy) is 1. The average Bonchev–Trinajstić information content (AvgIpc) is 2.66. The minimum absolute atomic E-state index is 0.0579. The summed E-state index contributed by atoms with van der Waals surface area (Å²) in [6, 6.07) is 15.3. The number of benzene rings is 2. The summed E-state index contributed by atoms with van der Waals surface area (Å²) in [6.07, 6.45) is 2.74. The van der Waals surface area contributed by atoms with Crippen LogP contribution >= 0.6 is 11.6 Å². The summed E-state index contributed by atoms with van der Waals surface area (Å²) in [5, 5.41) is 7.12. The van der Waals surface area contributed by atoms with Crippen molar-refractivity contribution in [1.29, 1.82) is 0 Å². The monoisotopic (exact) mass is 372 g/mol. The highest BCUT2D eigenvalue weighted by atomic mass is 35.5. The van der Waals surface area contributed by atoms with Gasteiger partial charge in [-0.2, -0.15) is 0 Å². The number of amides is 1. The molecule has 26 heavy (non-hydrogen) atoms. The first-order valence-electron chi connectivity index (χ1n) is 9.12. The van der Waals surface area contributed by atoms with Crippen molar-refractivity contribution in [1.82, 2.24) is 10.6 Å². The van der Waals surface area contributed by atoms with E-state index < -0.39 is 0 Å². The van der Waals surface area contributed by atoms with Crippen molar-refractivity contribution >= 4 is 17.5 Å². The molecular weight excluding hydrogens is 348 g/mol. The molecule has 0 aromatic heterocycles. The lowest BCUT2D eigenvalue weighted by molar-refractivity contribution is -0.120. The quantitative estimate of drug-likeness (QED) is 0.781. The van der Waals surface area contributed by atoms with Crippen LogP contribution in [0.4, 0.5) is 0 Å². The Labute approximate surface area is 159 Å². The number of halogens is 1. The molecule has 0 spiro atoms. The average molecular weight is 373 g/mol. The highest BCUT2D eigenvalue weighted by molar-refractivity contribution is 6.30. The van der Waals surface area contributed by atoms with E-state index in [2.05, 4.69) is 10.6 Å². The first kappa shape index (κ1) is 18.7. The van der Waals surface area contributed by atoms with Gasteiger partial charge < -0.3 is 15.4 Å². The maximum Gasteiger partial charge on any atom is 0.224 e. The van der Waals surface area contributed by atoms with E-state index in [-0.39, 0.29) is 5.91 Å². The van der Waals surface area contributed by atoms with Crippen molar-refractivity contribution in [3.8, 4) is 5.75 Å². The summed E-state index contributed by atoms with van der Waals surface area (Å²) in [6.45, 7) is 3.28. The van der Waals surface area contributed by atoms with Crippen molar-refractivity contribution in [2.75, 3.05) is 19.6 Å². The largest absolute Gasteiger partial charge is 0.489 e. The third-order valence-electron chi connectivity index (χ3n) is 4.54. The summed E-state index contributed by atoms with van der Waals surface area (Å²) in [7, 11) is 0. The number of piperidine rings is 1. The predicted molar refractivity (Wildman–Crippen MR) is 105 cm³/mol. The third-order valence-corrected chi connectivity index (χ3v) is 4.78. The van der Waals surface area contributed by atoms with E-state index in [4.69, 9.17) is 16.3 Å². The van der Waals surface area contributed by atoms with Gasteiger partial charge in [0, 0.05) is 11.6 Å². The Morgan fingerprint density at radius 1 is 1.19 bits per heavy atom. The molecule has 1 aliphatic rings. The van der Waals surface area contributed by atoms with Gasteiger partial charge in [-0.15, -0.1) is 0 Å². The van der Waals surface area contributed by atoms with E-state index in [1.54, 1.807) is 0 Å². The second-order valence-electron chi connectivity index (χ2n) is 6.76. The molecule has 5 heteroatoms. The molecule has 1 amide bonds. The lowest BCUT2D eigenvalue weighted by atomic mass is 9.99. The van der Waals surface area contributed by atoms with E-state index in [1.165, 1.54) is 12.8 Å². The van der Waals surface area contributed by atoms with Crippen molar-refractivity contribution in [3.63, 3.8) is 0 Å². The number of hydrogen-bond acceptors (Lipinski definition) is 3. The fourth-order valence-corrected chi connectivity index (χ4v) is 3.36. The fourth-order valence-electron chi connectivity index (χ4n) is 3.14. The zero-order chi connectivity index (χ0) is 18.2. The molecule has 1 atom stereocenters. The van der Waals surface area contributed by atoms with Crippen molar-refractivity contribution < 1.29 is 9.53 Å². The summed E-state index contributed by atoms with van der Waals surface area (Å²) >= 11 is 5.99. The molecule has 138 valence electrons. The van der Waals surface area contributed by atoms with Gasteiger partial charge in [0.05, 0.1) is 6.42 Å². The topological polar surface area (TPSA) is 50.4 Å². The normalized spacial score (nSPS) is 16.9. The Balaban J connectivity index is 1.47. The summed E-state index contributed by atoms with van der Waals surface area (Å²) in [5.41, 5.74) is 1.97. The van der Waals surface area contributed by atoms with Gasteiger partial charge in [0.15, 0.2) is 0 Å². The highest BCUT2D eigenvalue weighted by Gasteiger charge is 2.14. The van der Waals surface area contributed by atoms with E-state index in [0.717, 1.165) is 36.5 Å². The summed E-state index contributed by atoms with van der Waals surface area (Å²) < 4.78 is 5.83. The van der Waals surface area contributed by atoms with Crippen LogP contribution in [0.2, 0.25) is 5.02 Å². The lowest BCUT2D eigenvalue weighted by Crippen LogP contribution is -2.38. The molecule has 1 fully saturated rings. The number of rotatable bonds is 7. The van der Waals surface area contributed by atoms with Gasteiger partial charge in [-0.05, 0) is 67.2 Å². The maximum atomic E-state index is 12.2. The highest BCUT2D eigenvalue weighted by Crippen LogP contribution is 2.17. The SMILES string of the molecule is O=C(Cc1cccc(OCc2cccc(Cl)c2)c1)NCC1CCCNC1. The Morgan fingerprint density at radius 3 is 2.85 bits per heavy atom. The fraction of sp³-hybridized carbons (Fsp3) is 0.381. The van der Waals surface area contributed by atoms with Gasteiger partial charge in [-0.3, -0.25) is 4.79 Å². The van der Waals surface area contributed by atoms with Gasteiger partial charge in [0.25, 0.3) is 0 Å². The molecule has 1 aliphatic heterocycles. The predicted octanol–water partition coefficient (Wildman–Crippen LogP) is 3.58. The zero-order valence-corrected chi connectivity index (χ0v) is 15.6. The molecule has 0 radical (unpaired) electrons. The van der Waals surface area contributed by atoms with Crippen LogP contribution in [0.1, 0.15) is 24.0 Å². The molecule has 1 saturated heterocycles. The minimum atomic E-state index is 0.0579. The second-order valence-corrected chi connectivity index (χ2v) is 7.20. The molecular formula is C21H25ClN2O2. The van der Waals surface area contributed by atoms with Gasteiger partial charge in [-0.25, -0.2) is 0 Å². The second kappa shape index (κ2) is 9.60. The third kappa shape index (κ3) is 6.04. The van der Waals surface area contributed by atoms with E-state index >= 15 is 0 Å². The number of carbonyl (C=O) groups is 1. The molecule has 0 aliphatic carbocycles. The van der Waals surface area contributed by atoms with Gasteiger partial charge >= 0.3 is 0 Å². The Morgan fingerprint density at radius 2 is 2.04 bits per heavy atom. The summed E-state index contributed by atoms with van der Waals surface area (Å²) in [4.78, 5) is 12.2. The molecule has 0 saturated carbocycles. The first-order chi connectivity index (χ1) is 12.7. The van der Waals surface area contributed by atoms with Gasteiger partial charge in [-0.1, -0.05) is 35.9 Å². The van der Waals surface area contributed by atoms with E-state index in [9.17, 15) is 4.79 Å². The molecule has 1 unspecified atom stereocenters. The Hall–Kier alpha value is -2.04. The molecule has 2 N–H and O–H groups in total. The first-order valence-corrected chi connectivity index (χ1v) is 9.50. The molecule has 0 bridgehead atoms. The van der Waals surface area contributed by atoms with E-state index in [1.807, 2.05) is 48.5 Å². The Kier molecular flexibility index (Phi) is 6.92. The van der Waals surface area contributed by atoms with Crippen molar-refractivity contribution in [3.05, 3.63) is 64.7 Å². The zero-order valence-electron chi connectivity index (χ0n) is 14.8. The smallest absolute Gasteiger partial charge is 0.224 e. The van der Waals surface area contributed by atoms with Crippen molar-refractivity contribution in [2.24, 2.45) is 5.92 Å². The van der Waals surface area contributed by atoms with E-state index in [0.29, 0.717) is 24.0 Å². The van der Waals surface area contributed by atoms with Crippen LogP contribution < -0.4 is 15.4 Å². The molecule has 4 nitrogen and oxygen atoms in total. The van der Waals surface area contributed by atoms with Gasteiger partial charge in [0.2, 0.25) is 5.91 Å². The molecule has 2 aromatic rings. The number of hydrogen-bond donors (Lipinski definition) is 2. The summed E-state index contributed by atoms with van der Waals surface area (Å²) in [5.74, 6) is 1.36. The maximum absolute atomic E-state index is 12.2. The standard InChI is InChI=1S/C21H25ClN2O2/c22-19-7-1-5-17(10-19)15-26-20-8-2-4-16(11-20)12-21(25)24-14-18-6-3-9-23-13-18/h1-2,4-5,7-8,10-11,18,23H,3,6,9,12-15H2,(H,24,25). The van der Waals surface area contributed by atoms with Crippen molar-refractivity contribution in [2.45, 2.75) is 25.9 Å². The van der Waals surface area contributed by atoms with Crippen LogP contribution in [0.15, 0.2) is 48.5 Å². The number of nitrogens with one attached hydrogen (secondary N) is 2. The molecule has 1 heterocycles. The Bertz CT molecular complexity index is 729. The van der Waals surface area contributed by atoms with Crippen LogP contribution in [0, 0.1) is 5.92 Å². The molecule has 2 aromatic carbocycles. The van der Waals surface area contributed by atoms with Crippen LogP contribution in [-0.2, 0) is 17.8 Å². The van der Waals surface area contributed by atoms with Crippen LogP contribution in [0.25, 0.3) is 0 Å². The lowest BCUT2D eigenvalue weighted by Gasteiger charge is -2.22. The van der Waals surface area contributed by atoms with Crippen LogP contribution in [-0.4, -0.2) is 25.5 Å². The van der Waals surface area contributed by atoms with Crippen LogP contribution in [0.3, 0.4) is 0 Å². The van der Waals surface area contributed by atoms with Gasteiger partial charge in [0.1, 0.15) is 12.4 Å². The van der Waals surface area contributed by atoms with Crippen LogP contribution in [0.5, 0.6) is 5.75 Å². The number of carbonyl (C=O) groups excluding carboxylic acids is 1. The minimum Gasteiger partial charge on any atom is -0.489 e.